The third kappa shape index (κ3) is 4.31. The van der Waals surface area contributed by atoms with E-state index >= 15 is 0 Å². The number of rotatable bonds is 6. The fraction of sp³-hybridized carbons (Fsp3) is 0.562. The Hall–Kier alpha value is -1.51. The van der Waals surface area contributed by atoms with Gasteiger partial charge in [-0.25, -0.2) is 17.5 Å². The fourth-order valence-electron chi connectivity index (χ4n) is 3.47. The molecule has 0 spiro atoms. The molecule has 0 saturated carbocycles. The molecule has 24 heavy (non-hydrogen) atoms. The first-order valence-corrected chi connectivity index (χ1v) is 9.71. The number of nitrogens with one attached hydrogen (secondary N) is 3. The summed E-state index contributed by atoms with van der Waals surface area (Å²) >= 11 is 0. The molecule has 0 aromatic heterocycles. The van der Waals surface area contributed by atoms with Crippen LogP contribution in [0.15, 0.2) is 29.2 Å². The zero-order chi connectivity index (χ0) is 17.2. The van der Waals surface area contributed by atoms with Crippen LogP contribution in [0.2, 0.25) is 0 Å². The SMILES string of the molecule is O=C(CCNS(=O)(=O)c1ccc(F)cc1)NC1CC2CCC(C1)N2. The standard InChI is InChI=1S/C16H22FN3O3S/c17-11-1-5-15(6-2-11)24(22,23)18-8-7-16(21)20-14-9-12-3-4-13(10-14)19-12/h1-2,5-6,12-14,18-19H,3-4,7-10H2,(H,20,21). The predicted molar refractivity (Wildman–Crippen MR) is 87.3 cm³/mol. The van der Waals surface area contributed by atoms with Crippen molar-refractivity contribution in [2.45, 2.75) is 55.1 Å². The molecule has 0 aliphatic carbocycles. The van der Waals surface area contributed by atoms with E-state index in [9.17, 15) is 17.6 Å². The maximum atomic E-state index is 12.8. The van der Waals surface area contributed by atoms with E-state index in [1.807, 2.05) is 0 Å². The van der Waals surface area contributed by atoms with Crippen molar-refractivity contribution in [1.29, 1.82) is 0 Å². The van der Waals surface area contributed by atoms with Crippen molar-refractivity contribution in [2.24, 2.45) is 0 Å². The molecule has 1 aromatic rings. The minimum Gasteiger partial charge on any atom is -0.353 e. The molecule has 2 aliphatic rings. The molecule has 132 valence electrons. The molecule has 3 rings (SSSR count). The lowest BCUT2D eigenvalue weighted by atomic mass is 10.00. The Kier molecular flexibility index (Phi) is 5.17. The highest BCUT2D eigenvalue weighted by atomic mass is 32.2. The van der Waals surface area contributed by atoms with Gasteiger partial charge in [-0.3, -0.25) is 4.79 Å². The second-order valence-corrected chi connectivity index (χ2v) is 8.24. The summed E-state index contributed by atoms with van der Waals surface area (Å²) in [5, 5.41) is 6.50. The molecule has 6 nitrogen and oxygen atoms in total. The number of amides is 1. The quantitative estimate of drug-likeness (QED) is 0.707. The van der Waals surface area contributed by atoms with E-state index in [2.05, 4.69) is 15.4 Å². The molecule has 2 saturated heterocycles. The van der Waals surface area contributed by atoms with Gasteiger partial charge in [0.1, 0.15) is 5.82 Å². The van der Waals surface area contributed by atoms with Gasteiger partial charge in [-0.1, -0.05) is 0 Å². The van der Waals surface area contributed by atoms with Crippen molar-refractivity contribution < 1.29 is 17.6 Å². The minimum atomic E-state index is -3.72. The predicted octanol–water partition coefficient (Wildman–Crippen LogP) is 0.893. The molecule has 2 aliphatic heterocycles. The molecule has 2 bridgehead atoms. The van der Waals surface area contributed by atoms with Gasteiger partial charge in [-0.2, -0.15) is 0 Å². The highest BCUT2D eigenvalue weighted by Crippen LogP contribution is 2.26. The van der Waals surface area contributed by atoms with Crippen LogP contribution in [0.1, 0.15) is 32.1 Å². The van der Waals surface area contributed by atoms with Crippen molar-refractivity contribution >= 4 is 15.9 Å². The van der Waals surface area contributed by atoms with Crippen LogP contribution in [0.3, 0.4) is 0 Å². The Morgan fingerprint density at radius 3 is 2.42 bits per heavy atom. The number of hydrogen-bond donors (Lipinski definition) is 3. The van der Waals surface area contributed by atoms with Crippen molar-refractivity contribution in [1.82, 2.24) is 15.4 Å². The van der Waals surface area contributed by atoms with E-state index < -0.39 is 15.8 Å². The third-order valence-electron chi connectivity index (χ3n) is 4.61. The molecule has 8 heteroatoms. The summed E-state index contributed by atoms with van der Waals surface area (Å²) < 4.78 is 39.3. The molecular formula is C16H22FN3O3S. The van der Waals surface area contributed by atoms with Gasteiger partial charge < -0.3 is 10.6 Å². The average molecular weight is 355 g/mol. The number of benzene rings is 1. The monoisotopic (exact) mass is 355 g/mol. The van der Waals surface area contributed by atoms with Crippen LogP contribution in [0.4, 0.5) is 4.39 Å². The lowest BCUT2D eigenvalue weighted by molar-refractivity contribution is -0.121. The van der Waals surface area contributed by atoms with E-state index in [4.69, 9.17) is 0 Å². The highest BCUT2D eigenvalue weighted by Gasteiger charge is 2.33. The maximum Gasteiger partial charge on any atom is 0.240 e. The third-order valence-corrected chi connectivity index (χ3v) is 6.08. The van der Waals surface area contributed by atoms with Gasteiger partial charge in [0.25, 0.3) is 0 Å². The largest absolute Gasteiger partial charge is 0.353 e. The lowest BCUT2D eigenvalue weighted by Gasteiger charge is -2.29. The van der Waals surface area contributed by atoms with Gasteiger partial charge in [0.15, 0.2) is 0 Å². The Bertz CT molecular complexity index is 681. The summed E-state index contributed by atoms with van der Waals surface area (Å²) in [6, 6.07) is 5.73. The Balaban J connectivity index is 1.44. The van der Waals surface area contributed by atoms with Gasteiger partial charge in [0.05, 0.1) is 4.90 Å². The molecule has 0 radical (unpaired) electrons. The highest BCUT2D eigenvalue weighted by molar-refractivity contribution is 7.89. The van der Waals surface area contributed by atoms with Crippen LogP contribution in [-0.4, -0.2) is 39.0 Å². The maximum absolute atomic E-state index is 12.8. The van der Waals surface area contributed by atoms with E-state index in [0.717, 1.165) is 37.8 Å². The van der Waals surface area contributed by atoms with Gasteiger partial charge in [0, 0.05) is 31.1 Å². The summed E-state index contributed by atoms with van der Waals surface area (Å²) in [5.41, 5.74) is 0. The van der Waals surface area contributed by atoms with E-state index in [1.54, 1.807) is 0 Å². The van der Waals surface area contributed by atoms with E-state index in [0.29, 0.717) is 12.1 Å². The summed E-state index contributed by atoms with van der Waals surface area (Å²) in [4.78, 5) is 12.0. The molecular weight excluding hydrogens is 333 g/mol. The van der Waals surface area contributed by atoms with Crippen molar-refractivity contribution in [2.75, 3.05) is 6.54 Å². The van der Waals surface area contributed by atoms with Crippen LogP contribution in [0, 0.1) is 5.82 Å². The molecule has 3 N–H and O–H groups in total. The van der Waals surface area contributed by atoms with Crippen LogP contribution in [0.25, 0.3) is 0 Å². The van der Waals surface area contributed by atoms with E-state index in [1.165, 1.54) is 12.1 Å². The van der Waals surface area contributed by atoms with Crippen molar-refractivity contribution in [3.05, 3.63) is 30.1 Å². The van der Waals surface area contributed by atoms with Crippen LogP contribution in [0.5, 0.6) is 0 Å². The van der Waals surface area contributed by atoms with Gasteiger partial charge in [-0.05, 0) is 49.9 Å². The van der Waals surface area contributed by atoms with Crippen molar-refractivity contribution in [3.8, 4) is 0 Å². The zero-order valence-corrected chi connectivity index (χ0v) is 14.1. The second kappa shape index (κ2) is 7.16. The Labute approximate surface area is 141 Å². The summed E-state index contributed by atoms with van der Waals surface area (Å²) in [6.07, 6.45) is 4.27. The number of fused-ring (bicyclic) bond motifs is 2. The second-order valence-electron chi connectivity index (χ2n) is 6.48. The van der Waals surface area contributed by atoms with Crippen LogP contribution in [-0.2, 0) is 14.8 Å². The number of carbonyl (C=O) groups excluding carboxylic acids is 1. The molecule has 2 atom stereocenters. The van der Waals surface area contributed by atoms with E-state index in [-0.39, 0.29) is 29.8 Å². The van der Waals surface area contributed by atoms with Gasteiger partial charge >= 0.3 is 0 Å². The Morgan fingerprint density at radius 2 is 1.79 bits per heavy atom. The molecule has 2 fully saturated rings. The number of sulfonamides is 1. The molecule has 1 aromatic carbocycles. The minimum absolute atomic E-state index is 0.0146. The topological polar surface area (TPSA) is 87.3 Å². The van der Waals surface area contributed by atoms with Crippen LogP contribution >= 0.6 is 0 Å². The van der Waals surface area contributed by atoms with Crippen LogP contribution < -0.4 is 15.4 Å². The zero-order valence-electron chi connectivity index (χ0n) is 13.3. The summed E-state index contributed by atoms with van der Waals surface area (Å²) in [6.45, 7) is 0.0172. The first-order chi connectivity index (χ1) is 11.4. The number of piperidine rings is 1. The van der Waals surface area contributed by atoms with Gasteiger partial charge in [-0.15, -0.1) is 0 Å². The smallest absolute Gasteiger partial charge is 0.240 e. The lowest BCUT2D eigenvalue weighted by Crippen LogP contribution is -2.48. The summed E-state index contributed by atoms with van der Waals surface area (Å²) in [5.74, 6) is -0.646. The normalized spacial score (nSPS) is 26.3. The average Bonchev–Trinajstić information content (AvgIpc) is 2.86. The Morgan fingerprint density at radius 1 is 1.17 bits per heavy atom. The van der Waals surface area contributed by atoms with Crippen molar-refractivity contribution in [3.63, 3.8) is 0 Å². The molecule has 1 amide bonds. The number of hydrogen-bond acceptors (Lipinski definition) is 4. The number of carbonyl (C=O) groups is 1. The number of halogens is 1. The first kappa shape index (κ1) is 17.3. The summed E-state index contributed by atoms with van der Waals surface area (Å²) in [7, 11) is -3.72. The van der Waals surface area contributed by atoms with Gasteiger partial charge in [0.2, 0.25) is 15.9 Å². The molecule has 2 heterocycles. The first-order valence-electron chi connectivity index (χ1n) is 8.23. The fourth-order valence-corrected chi connectivity index (χ4v) is 4.50. The molecule has 2 unspecified atom stereocenters.